The normalized spacial score (nSPS) is 26.9. The van der Waals surface area contributed by atoms with Crippen molar-refractivity contribution in [3.05, 3.63) is 0 Å². The van der Waals surface area contributed by atoms with Gasteiger partial charge in [-0.05, 0) is 18.8 Å². The first-order valence-corrected chi connectivity index (χ1v) is 12.1. The van der Waals surface area contributed by atoms with Gasteiger partial charge in [0.25, 0.3) is 11.9 Å². The number of carboxylic acids is 1. The molecule has 11 heteroatoms. The number of carboxylic acid groups (broad SMARTS) is 1. The molecule has 30 heavy (non-hydrogen) atoms. The zero-order valence-corrected chi connectivity index (χ0v) is 19.1. The molecule has 2 heterocycles. The number of rotatable bonds is 7. The summed E-state index contributed by atoms with van der Waals surface area (Å²) < 4.78 is 23.4. The largest absolute Gasteiger partial charge is 1.15 e. The van der Waals surface area contributed by atoms with Crippen LogP contribution in [-0.4, -0.2) is 111 Å². The number of aliphatic carboxylic acids is 1. The van der Waals surface area contributed by atoms with Gasteiger partial charge in [-0.2, -0.15) is 0 Å². The van der Waals surface area contributed by atoms with E-state index in [1.54, 1.807) is 4.90 Å². The number of carbonyl (C=O) groups is 3. The van der Waals surface area contributed by atoms with E-state index in [1.165, 1.54) is 0 Å². The van der Waals surface area contributed by atoms with E-state index in [0.717, 1.165) is 25.7 Å². The SMILES string of the molecule is CCC(CC)CCC1CN2CCN(CC(=O)O)CCN1CC(=O)[O][Al]([18F])[O]C(=O)C2. The third kappa shape index (κ3) is 8.48. The van der Waals surface area contributed by atoms with E-state index in [0.29, 0.717) is 38.6 Å². The van der Waals surface area contributed by atoms with Gasteiger partial charge in [-0.25, -0.2) is 0 Å². The molecular formula is C19H33AlFN3O6. The van der Waals surface area contributed by atoms with Crippen LogP contribution in [0.15, 0.2) is 0 Å². The fraction of sp³-hybridized carbons (Fsp3) is 0.842. The number of fused-ring (bicyclic) bond motifs is 3. The summed E-state index contributed by atoms with van der Waals surface area (Å²) in [5.74, 6) is -1.85. The minimum Gasteiger partial charge on any atom is -0.558 e. The number of hydrogen-bond acceptors (Lipinski definition) is 8. The Morgan fingerprint density at radius 2 is 1.77 bits per heavy atom. The molecule has 0 radical (unpaired) electrons. The van der Waals surface area contributed by atoms with Crippen molar-refractivity contribution in [1.82, 2.24) is 14.7 Å². The number of halogens is 1. The molecule has 2 aliphatic rings. The van der Waals surface area contributed by atoms with E-state index in [9.17, 15) is 23.0 Å². The van der Waals surface area contributed by atoms with Gasteiger partial charge >= 0.3 is 21.2 Å². The van der Waals surface area contributed by atoms with Crippen molar-refractivity contribution in [1.29, 1.82) is 0 Å². The number of hydrogen-bond donors (Lipinski definition) is 1. The topological polar surface area (TPSA) is 99.6 Å². The van der Waals surface area contributed by atoms with E-state index in [1.807, 2.05) is 9.80 Å². The summed E-state index contributed by atoms with van der Waals surface area (Å²) in [7, 11) is 0. The quantitative estimate of drug-likeness (QED) is 0.567. The van der Waals surface area contributed by atoms with Crippen LogP contribution in [0.5, 0.6) is 0 Å². The molecule has 0 aromatic heterocycles. The van der Waals surface area contributed by atoms with Crippen LogP contribution < -0.4 is 0 Å². The molecular weight excluding hydrogens is 411 g/mol. The highest BCUT2D eigenvalue weighted by Crippen LogP contribution is 2.20. The Morgan fingerprint density at radius 1 is 1.13 bits per heavy atom. The van der Waals surface area contributed by atoms with E-state index in [-0.39, 0.29) is 25.7 Å². The predicted octanol–water partition coefficient (Wildman–Crippen LogP) is 0.630. The summed E-state index contributed by atoms with van der Waals surface area (Å²) in [6.45, 7) is 6.39. The van der Waals surface area contributed by atoms with Crippen molar-refractivity contribution < 1.29 is 30.6 Å². The van der Waals surface area contributed by atoms with Gasteiger partial charge in [-0.15, -0.1) is 0 Å². The zero-order chi connectivity index (χ0) is 22.1. The van der Waals surface area contributed by atoms with Crippen LogP contribution in [0.4, 0.5) is 3.52 Å². The minimum absolute atomic E-state index is 0.0199. The molecule has 2 rings (SSSR count). The molecule has 170 valence electrons. The molecule has 0 amide bonds. The van der Waals surface area contributed by atoms with Crippen LogP contribution in [0, 0.1) is 5.92 Å². The van der Waals surface area contributed by atoms with Gasteiger partial charge in [-0.3, -0.25) is 29.1 Å². The Labute approximate surface area is 182 Å². The summed E-state index contributed by atoms with van der Waals surface area (Å²) >= 11 is -3.86. The van der Waals surface area contributed by atoms with Crippen LogP contribution in [0.2, 0.25) is 0 Å². The van der Waals surface area contributed by atoms with Crippen molar-refractivity contribution in [2.24, 2.45) is 5.92 Å². The van der Waals surface area contributed by atoms with Gasteiger partial charge in [0, 0.05) is 38.8 Å². The van der Waals surface area contributed by atoms with Gasteiger partial charge in [0.05, 0.1) is 19.6 Å². The van der Waals surface area contributed by atoms with Gasteiger partial charge in [0.1, 0.15) is 0 Å². The van der Waals surface area contributed by atoms with E-state index in [2.05, 4.69) is 13.8 Å². The van der Waals surface area contributed by atoms with Crippen molar-refractivity contribution in [2.45, 2.75) is 45.6 Å². The molecule has 2 aliphatic heterocycles. The third-order valence-electron chi connectivity index (χ3n) is 5.98. The summed E-state index contributed by atoms with van der Waals surface area (Å²) in [6, 6.07) is -0.0199. The lowest BCUT2D eigenvalue weighted by molar-refractivity contribution is -0.143. The molecule has 0 aromatic carbocycles. The first kappa shape index (κ1) is 25.0. The number of carbonyl (C=O) groups excluding carboxylic acids is 2. The lowest BCUT2D eigenvalue weighted by Crippen LogP contribution is -2.48. The average Bonchev–Trinajstić information content (AvgIpc) is 2.72. The minimum atomic E-state index is -3.86. The highest BCUT2D eigenvalue weighted by molar-refractivity contribution is 6.41. The maximum Gasteiger partial charge on any atom is 1.15 e. The molecule has 2 saturated heterocycles. The fourth-order valence-electron chi connectivity index (χ4n) is 4.11. The molecule has 2 bridgehead atoms. The predicted molar refractivity (Wildman–Crippen MR) is 108 cm³/mol. The van der Waals surface area contributed by atoms with Crippen molar-refractivity contribution >= 4 is 33.2 Å². The molecule has 1 N–H and O–H groups in total. The molecule has 0 aromatic rings. The van der Waals surface area contributed by atoms with Crippen LogP contribution in [0.1, 0.15) is 39.5 Å². The first-order valence-electron chi connectivity index (χ1n) is 10.7. The Kier molecular flexibility index (Phi) is 10.5. The van der Waals surface area contributed by atoms with Gasteiger partial charge < -0.3 is 16.2 Å². The molecule has 0 aliphatic carbocycles. The van der Waals surface area contributed by atoms with Crippen LogP contribution >= 0.6 is 0 Å². The Morgan fingerprint density at radius 3 is 2.40 bits per heavy atom. The lowest BCUT2D eigenvalue weighted by Gasteiger charge is -2.34. The van der Waals surface area contributed by atoms with Crippen LogP contribution in [0.25, 0.3) is 0 Å². The second-order valence-electron chi connectivity index (χ2n) is 8.04. The summed E-state index contributed by atoms with van der Waals surface area (Å²) in [4.78, 5) is 41.3. The van der Waals surface area contributed by atoms with Gasteiger partial charge in [0.2, 0.25) is 0 Å². The second kappa shape index (κ2) is 12.6. The van der Waals surface area contributed by atoms with Crippen molar-refractivity contribution in [3.63, 3.8) is 0 Å². The first-order chi connectivity index (χ1) is 14.3. The van der Waals surface area contributed by atoms with Crippen LogP contribution in [0.3, 0.4) is 0 Å². The maximum absolute atomic E-state index is 13.9. The molecule has 9 nitrogen and oxygen atoms in total. The monoisotopic (exact) mass is 444 g/mol. The molecule has 2 fully saturated rings. The summed E-state index contributed by atoms with van der Waals surface area (Å²) in [6.07, 6.45) is 3.97. The van der Waals surface area contributed by atoms with Gasteiger partial charge in [-0.1, -0.05) is 26.7 Å². The lowest BCUT2D eigenvalue weighted by atomic mass is 9.94. The van der Waals surface area contributed by atoms with E-state index in [4.69, 9.17) is 7.58 Å². The van der Waals surface area contributed by atoms with E-state index >= 15 is 0 Å². The molecule has 3 unspecified atom stereocenters. The van der Waals surface area contributed by atoms with Crippen molar-refractivity contribution in [3.8, 4) is 0 Å². The third-order valence-corrected chi connectivity index (χ3v) is 6.87. The van der Waals surface area contributed by atoms with Crippen LogP contribution in [-0.2, 0) is 22.0 Å². The Hall–Kier alpha value is -1.25. The van der Waals surface area contributed by atoms with Gasteiger partial charge in [0.15, 0.2) is 0 Å². The average molecular weight is 444 g/mol. The Bertz CT molecular complexity index is 595. The highest BCUT2D eigenvalue weighted by atomic mass is 27.3. The Balaban J connectivity index is 2.26. The highest BCUT2D eigenvalue weighted by Gasteiger charge is 2.43. The molecule has 0 saturated carbocycles. The smallest absolute Gasteiger partial charge is 0.558 e. The number of nitrogens with zero attached hydrogens (tertiary/aromatic N) is 3. The second-order valence-corrected chi connectivity index (χ2v) is 9.06. The summed E-state index contributed by atoms with van der Waals surface area (Å²) in [5, 5.41) is 9.19. The fourth-order valence-corrected chi connectivity index (χ4v) is 4.72. The van der Waals surface area contributed by atoms with E-state index < -0.39 is 33.2 Å². The standard InChI is InChI=1S/C19H35N3O6.Al.FH/c1-3-15(4-2)5-6-16-11-21(13-18(25)26)8-7-20(12-17(23)24)9-10-22(16)14-19(27)28;;/h15-16H,3-14H2,1-2H3,(H,23,24)(H,25,26)(H,27,28);;1H/q;+3;/p-3/i;;1-1. The maximum atomic E-state index is 13.9. The molecule has 3 atom stereocenters. The summed E-state index contributed by atoms with van der Waals surface area (Å²) in [5.41, 5.74) is 0. The van der Waals surface area contributed by atoms with Crippen molar-refractivity contribution in [2.75, 3.05) is 52.4 Å². The zero-order valence-electron chi connectivity index (χ0n) is 17.9. The molecule has 0 spiro atoms.